The van der Waals surface area contributed by atoms with E-state index in [1.165, 1.54) is 16.2 Å². The number of rotatable bonds is 3. The number of hydrogen-bond acceptors (Lipinski definition) is 4. The zero-order valence-corrected chi connectivity index (χ0v) is 13.2. The molecule has 2 rings (SSSR count). The van der Waals surface area contributed by atoms with Gasteiger partial charge in [0, 0.05) is 11.4 Å². The molecule has 0 spiro atoms. The average molecular weight is 362 g/mol. The molecule has 1 aliphatic rings. The molecule has 4 nitrogen and oxygen atoms in total. The molecule has 19 heavy (non-hydrogen) atoms. The molecule has 0 saturated carbocycles. The Kier molecular flexibility index (Phi) is 4.33. The molecule has 0 radical (unpaired) electrons. The van der Waals surface area contributed by atoms with Gasteiger partial charge in [0.25, 0.3) is 5.91 Å². The third kappa shape index (κ3) is 3.38. The summed E-state index contributed by atoms with van der Waals surface area (Å²) in [5.41, 5.74) is 0.538. The number of thiophene rings is 1. The molecule has 0 N–H and O–H groups in total. The van der Waals surface area contributed by atoms with Crippen molar-refractivity contribution in [2.75, 3.05) is 18.1 Å². The van der Waals surface area contributed by atoms with E-state index in [1.807, 2.05) is 0 Å². The minimum absolute atomic E-state index is 0.00568. The second-order valence-corrected chi connectivity index (χ2v) is 8.85. The van der Waals surface area contributed by atoms with Crippen molar-refractivity contribution in [1.82, 2.24) is 4.90 Å². The van der Waals surface area contributed by atoms with Crippen molar-refractivity contribution in [2.24, 2.45) is 0 Å². The fourth-order valence-electron chi connectivity index (χ4n) is 2.07. The average Bonchev–Trinajstić information content (AvgIpc) is 2.91. The summed E-state index contributed by atoms with van der Waals surface area (Å²) in [5.74, 6) is 2.36. The van der Waals surface area contributed by atoms with E-state index in [4.69, 9.17) is 6.42 Å². The Hall–Kier alpha value is -0.840. The molecule has 1 atom stereocenters. The van der Waals surface area contributed by atoms with Crippen LogP contribution in [0, 0.1) is 12.3 Å². The maximum Gasteiger partial charge on any atom is 0.255 e. The van der Waals surface area contributed by atoms with Gasteiger partial charge in [-0.3, -0.25) is 4.79 Å². The van der Waals surface area contributed by atoms with Gasteiger partial charge in [-0.05, 0) is 28.4 Å². The van der Waals surface area contributed by atoms with Gasteiger partial charge in [-0.25, -0.2) is 8.42 Å². The van der Waals surface area contributed by atoms with E-state index in [1.54, 1.807) is 11.4 Å². The summed E-state index contributed by atoms with van der Waals surface area (Å²) >= 11 is 4.71. The summed E-state index contributed by atoms with van der Waals surface area (Å²) in [6, 6.07) is 1.41. The van der Waals surface area contributed by atoms with E-state index in [0.29, 0.717) is 12.0 Å². The summed E-state index contributed by atoms with van der Waals surface area (Å²) in [6.07, 6.45) is 5.75. The number of nitrogens with zero attached hydrogens (tertiary/aromatic N) is 1. The smallest absolute Gasteiger partial charge is 0.255 e. The largest absolute Gasteiger partial charge is 0.323 e. The highest BCUT2D eigenvalue weighted by molar-refractivity contribution is 9.11. The van der Waals surface area contributed by atoms with Crippen LogP contribution >= 0.6 is 27.3 Å². The Balaban J connectivity index is 2.21. The SMILES string of the molecule is C#CCN(C(=O)c1csc(Br)c1)[C@@H]1CCS(=O)(=O)C1. The molecule has 7 heteroatoms. The minimum Gasteiger partial charge on any atom is -0.323 e. The standard InChI is InChI=1S/C12H12BrNO3S2/c1-2-4-14(10-3-5-19(16,17)8-10)12(15)9-6-11(13)18-7-9/h1,6-7,10H,3-5,8H2/t10-/m1/s1. The summed E-state index contributed by atoms with van der Waals surface area (Å²) in [4.78, 5) is 13.9. The van der Waals surface area contributed by atoms with Crippen molar-refractivity contribution >= 4 is 43.0 Å². The van der Waals surface area contributed by atoms with Crippen LogP contribution in [0.5, 0.6) is 0 Å². The summed E-state index contributed by atoms with van der Waals surface area (Å²) in [6.45, 7) is 0.131. The Labute approximate surface area is 124 Å². The number of sulfone groups is 1. The van der Waals surface area contributed by atoms with E-state index in [-0.39, 0.29) is 30.0 Å². The molecular formula is C12H12BrNO3S2. The lowest BCUT2D eigenvalue weighted by Crippen LogP contribution is -2.41. The maximum atomic E-state index is 12.4. The molecule has 1 aromatic heterocycles. The molecule has 0 aliphatic carbocycles. The predicted molar refractivity (Wildman–Crippen MR) is 78.9 cm³/mol. The molecule has 1 saturated heterocycles. The van der Waals surface area contributed by atoms with E-state index in [0.717, 1.165) is 3.79 Å². The highest BCUT2D eigenvalue weighted by Crippen LogP contribution is 2.24. The van der Waals surface area contributed by atoms with Gasteiger partial charge in [-0.1, -0.05) is 5.92 Å². The van der Waals surface area contributed by atoms with Crippen molar-refractivity contribution in [1.29, 1.82) is 0 Å². The van der Waals surface area contributed by atoms with Gasteiger partial charge < -0.3 is 4.90 Å². The molecule has 0 unspecified atom stereocenters. The Bertz CT molecular complexity index is 630. The van der Waals surface area contributed by atoms with Crippen LogP contribution in [0.15, 0.2) is 15.2 Å². The van der Waals surface area contributed by atoms with Crippen LogP contribution in [0.1, 0.15) is 16.8 Å². The van der Waals surface area contributed by atoms with Crippen molar-refractivity contribution in [2.45, 2.75) is 12.5 Å². The van der Waals surface area contributed by atoms with Gasteiger partial charge >= 0.3 is 0 Å². The number of carbonyl (C=O) groups excluding carboxylic acids is 1. The topological polar surface area (TPSA) is 54.5 Å². The zero-order valence-electron chi connectivity index (χ0n) is 10.0. The van der Waals surface area contributed by atoms with Gasteiger partial charge in [0.15, 0.2) is 9.84 Å². The van der Waals surface area contributed by atoms with Gasteiger partial charge in [0.05, 0.1) is 27.4 Å². The van der Waals surface area contributed by atoms with Crippen LogP contribution in [0.25, 0.3) is 0 Å². The number of terminal acetylenes is 1. The van der Waals surface area contributed by atoms with Crippen molar-refractivity contribution < 1.29 is 13.2 Å². The first-order valence-electron chi connectivity index (χ1n) is 5.62. The summed E-state index contributed by atoms with van der Waals surface area (Å²) in [7, 11) is -3.04. The number of halogens is 1. The van der Waals surface area contributed by atoms with Crippen molar-refractivity contribution in [3.8, 4) is 12.3 Å². The third-order valence-corrected chi connectivity index (χ3v) is 6.24. The first-order chi connectivity index (χ1) is 8.93. The monoisotopic (exact) mass is 361 g/mol. The zero-order chi connectivity index (χ0) is 14.0. The Morgan fingerprint density at radius 2 is 2.37 bits per heavy atom. The molecule has 2 heterocycles. The van der Waals surface area contributed by atoms with Crippen LogP contribution in [0.4, 0.5) is 0 Å². The highest BCUT2D eigenvalue weighted by atomic mass is 79.9. The quantitative estimate of drug-likeness (QED) is 0.771. The molecule has 1 amide bonds. The first kappa shape index (κ1) is 14.6. The lowest BCUT2D eigenvalue weighted by Gasteiger charge is -2.25. The fraction of sp³-hybridized carbons (Fsp3) is 0.417. The number of carbonyl (C=O) groups is 1. The Morgan fingerprint density at radius 3 is 2.84 bits per heavy atom. The van der Waals surface area contributed by atoms with Crippen molar-refractivity contribution in [3.05, 3.63) is 20.8 Å². The molecular weight excluding hydrogens is 350 g/mol. The Morgan fingerprint density at radius 1 is 1.63 bits per heavy atom. The van der Waals surface area contributed by atoms with Gasteiger partial charge in [0.2, 0.25) is 0 Å². The molecule has 1 aromatic rings. The van der Waals surface area contributed by atoms with E-state index in [9.17, 15) is 13.2 Å². The van der Waals surface area contributed by atoms with Gasteiger partial charge in [0.1, 0.15) is 0 Å². The van der Waals surface area contributed by atoms with E-state index >= 15 is 0 Å². The normalized spacial score (nSPS) is 20.9. The van der Waals surface area contributed by atoms with Gasteiger partial charge in [-0.2, -0.15) is 0 Å². The number of hydrogen-bond donors (Lipinski definition) is 0. The second kappa shape index (κ2) is 5.65. The van der Waals surface area contributed by atoms with Crippen LogP contribution in [0.2, 0.25) is 0 Å². The third-order valence-electron chi connectivity index (χ3n) is 2.99. The van der Waals surface area contributed by atoms with Crippen LogP contribution in [-0.2, 0) is 9.84 Å². The summed E-state index contributed by atoms with van der Waals surface area (Å²) < 4.78 is 23.9. The van der Waals surface area contributed by atoms with Crippen LogP contribution in [0.3, 0.4) is 0 Å². The molecule has 1 aliphatic heterocycles. The molecule has 102 valence electrons. The van der Waals surface area contributed by atoms with Crippen molar-refractivity contribution in [3.63, 3.8) is 0 Å². The minimum atomic E-state index is -3.04. The van der Waals surface area contributed by atoms with Crippen LogP contribution < -0.4 is 0 Å². The predicted octanol–water partition coefficient (Wildman–Crippen LogP) is 1.77. The lowest BCUT2D eigenvalue weighted by molar-refractivity contribution is 0.0725. The highest BCUT2D eigenvalue weighted by Gasteiger charge is 2.34. The molecule has 0 aromatic carbocycles. The second-order valence-electron chi connectivity index (χ2n) is 4.33. The van der Waals surface area contributed by atoms with Gasteiger partial charge in [-0.15, -0.1) is 17.8 Å². The molecule has 0 bridgehead atoms. The van der Waals surface area contributed by atoms with E-state index in [2.05, 4.69) is 21.9 Å². The lowest BCUT2D eigenvalue weighted by atomic mass is 10.2. The first-order valence-corrected chi connectivity index (χ1v) is 9.11. The van der Waals surface area contributed by atoms with E-state index < -0.39 is 9.84 Å². The number of amides is 1. The maximum absolute atomic E-state index is 12.4. The molecule has 1 fully saturated rings. The van der Waals surface area contributed by atoms with Crippen LogP contribution in [-0.4, -0.2) is 43.3 Å². The fourth-order valence-corrected chi connectivity index (χ4v) is 4.94. The summed E-state index contributed by atoms with van der Waals surface area (Å²) in [5, 5.41) is 1.74.